The minimum Gasteiger partial charge on any atom is -0.311 e. The Hall–Kier alpha value is -0.0400. The molecule has 0 aromatic carbocycles. The lowest BCUT2D eigenvalue weighted by atomic mass is 9.69. The summed E-state index contributed by atoms with van der Waals surface area (Å²) in [5.74, 6) is 5.36. The Labute approximate surface area is 125 Å². The molecule has 0 spiro atoms. The van der Waals surface area contributed by atoms with Crippen LogP contribution in [0.25, 0.3) is 0 Å². The Morgan fingerprint density at radius 3 is 2.30 bits per heavy atom. The first-order valence-corrected chi connectivity index (χ1v) is 9.55. The molecule has 4 fully saturated rings. The lowest BCUT2D eigenvalue weighted by molar-refractivity contribution is 0.129. The first-order chi connectivity index (χ1) is 9.79. The largest absolute Gasteiger partial charge is 0.311 e. The summed E-state index contributed by atoms with van der Waals surface area (Å²) >= 11 is 0. The van der Waals surface area contributed by atoms with Crippen molar-refractivity contribution in [1.29, 1.82) is 0 Å². The lowest BCUT2D eigenvalue weighted by Gasteiger charge is -2.41. The van der Waals surface area contributed by atoms with E-state index in [2.05, 4.69) is 12.2 Å². The molecule has 20 heavy (non-hydrogen) atoms. The summed E-state index contributed by atoms with van der Waals surface area (Å²) in [6.07, 6.45) is 16.8. The quantitative estimate of drug-likeness (QED) is 0.783. The van der Waals surface area contributed by atoms with E-state index in [4.69, 9.17) is 0 Å². The SMILES string of the molecule is CC(NC1CCC2CCCCC2C1)C1CC2CCC1C2. The molecule has 7 unspecified atom stereocenters. The Kier molecular flexibility index (Phi) is 3.83. The van der Waals surface area contributed by atoms with Gasteiger partial charge in [-0.3, -0.25) is 0 Å². The summed E-state index contributed by atoms with van der Waals surface area (Å²) in [6, 6.07) is 1.64. The molecule has 0 aliphatic heterocycles. The van der Waals surface area contributed by atoms with Gasteiger partial charge in [0, 0.05) is 12.1 Å². The summed E-state index contributed by atoms with van der Waals surface area (Å²) in [5.41, 5.74) is 0. The molecule has 0 saturated heterocycles. The Bertz CT molecular complexity index is 339. The molecule has 4 aliphatic rings. The van der Waals surface area contributed by atoms with E-state index in [-0.39, 0.29) is 0 Å². The third kappa shape index (κ3) is 2.56. The van der Waals surface area contributed by atoms with E-state index >= 15 is 0 Å². The van der Waals surface area contributed by atoms with Gasteiger partial charge in [0.15, 0.2) is 0 Å². The normalized spacial score (nSPS) is 49.0. The molecule has 0 aromatic heterocycles. The zero-order chi connectivity index (χ0) is 13.5. The van der Waals surface area contributed by atoms with Crippen molar-refractivity contribution >= 4 is 0 Å². The van der Waals surface area contributed by atoms with Gasteiger partial charge in [-0.1, -0.05) is 32.1 Å². The topological polar surface area (TPSA) is 12.0 Å². The molecule has 4 saturated carbocycles. The van der Waals surface area contributed by atoms with Crippen LogP contribution in [-0.2, 0) is 0 Å². The van der Waals surface area contributed by atoms with Gasteiger partial charge in [0.1, 0.15) is 0 Å². The van der Waals surface area contributed by atoms with E-state index in [0.29, 0.717) is 0 Å². The highest BCUT2D eigenvalue weighted by Gasteiger charge is 2.42. The van der Waals surface area contributed by atoms with Gasteiger partial charge in [-0.15, -0.1) is 0 Å². The molecule has 0 aromatic rings. The molecule has 7 atom stereocenters. The Morgan fingerprint density at radius 2 is 1.55 bits per heavy atom. The van der Waals surface area contributed by atoms with Crippen molar-refractivity contribution in [1.82, 2.24) is 5.32 Å². The van der Waals surface area contributed by atoms with Crippen LogP contribution >= 0.6 is 0 Å². The molecule has 2 bridgehead atoms. The number of nitrogens with one attached hydrogen (secondary N) is 1. The molecule has 4 aliphatic carbocycles. The summed E-state index contributed by atoms with van der Waals surface area (Å²) in [6.45, 7) is 2.50. The zero-order valence-corrected chi connectivity index (χ0v) is 13.3. The summed E-state index contributed by atoms with van der Waals surface area (Å²) in [5, 5.41) is 4.08. The van der Waals surface area contributed by atoms with Gasteiger partial charge >= 0.3 is 0 Å². The Morgan fingerprint density at radius 1 is 0.750 bits per heavy atom. The van der Waals surface area contributed by atoms with E-state index in [1.54, 1.807) is 19.3 Å². The van der Waals surface area contributed by atoms with Crippen LogP contribution in [0.3, 0.4) is 0 Å². The van der Waals surface area contributed by atoms with Crippen LogP contribution in [-0.4, -0.2) is 12.1 Å². The summed E-state index contributed by atoms with van der Waals surface area (Å²) in [7, 11) is 0. The van der Waals surface area contributed by atoms with Crippen LogP contribution in [0.2, 0.25) is 0 Å². The lowest BCUT2D eigenvalue weighted by Crippen LogP contribution is -2.46. The zero-order valence-electron chi connectivity index (χ0n) is 13.3. The highest BCUT2D eigenvalue weighted by atomic mass is 15.0. The van der Waals surface area contributed by atoms with E-state index in [1.165, 1.54) is 51.4 Å². The predicted molar refractivity (Wildman–Crippen MR) is 84.6 cm³/mol. The maximum absolute atomic E-state index is 4.08. The average Bonchev–Trinajstić information content (AvgIpc) is 3.10. The summed E-state index contributed by atoms with van der Waals surface area (Å²) in [4.78, 5) is 0. The van der Waals surface area contributed by atoms with Gasteiger partial charge in [-0.05, 0) is 75.0 Å². The first-order valence-electron chi connectivity index (χ1n) is 9.55. The first kappa shape index (κ1) is 13.6. The minimum atomic E-state index is 0.787. The molecule has 4 rings (SSSR count). The highest BCUT2D eigenvalue weighted by Crippen LogP contribution is 2.50. The van der Waals surface area contributed by atoms with Gasteiger partial charge in [0.25, 0.3) is 0 Å². The van der Waals surface area contributed by atoms with Crippen molar-refractivity contribution in [2.24, 2.45) is 29.6 Å². The molecule has 1 heteroatoms. The van der Waals surface area contributed by atoms with Crippen LogP contribution in [0.15, 0.2) is 0 Å². The molecule has 114 valence electrons. The van der Waals surface area contributed by atoms with Crippen LogP contribution in [0.4, 0.5) is 0 Å². The average molecular weight is 275 g/mol. The third-order valence-electron chi connectivity index (χ3n) is 7.47. The number of hydrogen-bond donors (Lipinski definition) is 1. The number of hydrogen-bond acceptors (Lipinski definition) is 1. The van der Waals surface area contributed by atoms with Crippen molar-refractivity contribution in [2.75, 3.05) is 0 Å². The fraction of sp³-hybridized carbons (Fsp3) is 1.00. The van der Waals surface area contributed by atoms with Crippen molar-refractivity contribution in [2.45, 2.75) is 89.6 Å². The van der Waals surface area contributed by atoms with Crippen LogP contribution in [0.1, 0.15) is 77.6 Å². The van der Waals surface area contributed by atoms with Crippen LogP contribution in [0.5, 0.6) is 0 Å². The van der Waals surface area contributed by atoms with Gasteiger partial charge in [0.05, 0.1) is 0 Å². The third-order valence-corrected chi connectivity index (χ3v) is 7.47. The van der Waals surface area contributed by atoms with E-state index in [0.717, 1.165) is 41.7 Å². The fourth-order valence-corrected chi connectivity index (χ4v) is 6.43. The van der Waals surface area contributed by atoms with Crippen LogP contribution in [0, 0.1) is 29.6 Å². The maximum atomic E-state index is 4.08. The second-order valence-electron chi connectivity index (χ2n) is 8.61. The second-order valence-corrected chi connectivity index (χ2v) is 8.61. The molecule has 0 heterocycles. The maximum Gasteiger partial charge on any atom is 0.00725 e. The molecule has 1 N–H and O–H groups in total. The van der Waals surface area contributed by atoms with Gasteiger partial charge < -0.3 is 5.32 Å². The van der Waals surface area contributed by atoms with Crippen LogP contribution < -0.4 is 5.32 Å². The van der Waals surface area contributed by atoms with Crippen molar-refractivity contribution in [3.63, 3.8) is 0 Å². The Balaban J connectivity index is 1.30. The van der Waals surface area contributed by atoms with E-state index in [1.807, 2.05) is 0 Å². The smallest absolute Gasteiger partial charge is 0.00725 e. The van der Waals surface area contributed by atoms with Gasteiger partial charge in [-0.25, -0.2) is 0 Å². The number of rotatable bonds is 3. The molecular formula is C19H33N. The highest BCUT2D eigenvalue weighted by molar-refractivity contribution is 4.95. The predicted octanol–water partition coefficient (Wildman–Crippen LogP) is 4.76. The minimum absolute atomic E-state index is 0.787. The molecule has 1 nitrogen and oxygen atoms in total. The molecule has 0 radical (unpaired) electrons. The van der Waals surface area contributed by atoms with E-state index in [9.17, 15) is 0 Å². The standard InChI is InChI=1S/C19H33N/c1-13(19-11-14-6-7-17(19)10-14)20-18-9-8-15-4-2-3-5-16(15)12-18/h13-20H,2-12H2,1H3. The van der Waals surface area contributed by atoms with Crippen molar-refractivity contribution < 1.29 is 0 Å². The molecular weight excluding hydrogens is 242 g/mol. The fourth-order valence-electron chi connectivity index (χ4n) is 6.43. The van der Waals surface area contributed by atoms with E-state index < -0.39 is 0 Å². The van der Waals surface area contributed by atoms with Crippen molar-refractivity contribution in [3.05, 3.63) is 0 Å². The number of fused-ring (bicyclic) bond motifs is 3. The van der Waals surface area contributed by atoms with Gasteiger partial charge in [-0.2, -0.15) is 0 Å². The van der Waals surface area contributed by atoms with Crippen molar-refractivity contribution in [3.8, 4) is 0 Å². The summed E-state index contributed by atoms with van der Waals surface area (Å²) < 4.78 is 0. The molecule has 0 amide bonds. The second kappa shape index (κ2) is 5.63. The monoisotopic (exact) mass is 275 g/mol. The van der Waals surface area contributed by atoms with Gasteiger partial charge in [0.2, 0.25) is 0 Å².